The van der Waals surface area contributed by atoms with Gasteiger partial charge in [-0.15, -0.1) is 0 Å². The van der Waals surface area contributed by atoms with Crippen molar-refractivity contribution in [2.75, 3.05) is 115 Å². The van der Waals surface area contributed by atoms with Crippen LogP contribution in [0.25, 0.3) is 0 Å². The van der Waals surface area contributed by atoms with Crippen molar-refractivity contribution in [2.45, 2.75) is 59.0 Å². The van der Waals surface area contributed by atoms with E-state index in [-0.39, 0.29) is 153 Å². The van der Waals surface area contributed by atoms with Gasteiger partial charge in [0.2, 0.25) is 23.6 Å². The van der Waals surface area contributed by atoms with Crippen molar-refractivity contribution in [3.8, 4) is 0 Å². The second-order valence-electron chi connectivity index (χ2n) is 16.9. The van der Waals surface area contributed by atoms with Gasteiger partial charge in [0.25, 0.3) is 0 Å². The number of carboxylic acid groups (broad SMARTS) is 3. The van der Waals surface area contributed by atoms with E-state index in [1.807, 2.05) is 18.7 Å². The molecule has 1 unspecified atom stereocenters. The normalized spacial score (nSPS) is 18.5. The zero-order valence-electron chi connectivity index (χ0n) is 38.7. The number of carbonyl (C=O) groups excluding carboxylic acids is 6. The number of imide groups is 1. The lowest BCUT2D eigenvalue weighted by molar-refractivity contribution is -0.140. The molecule has 0 aliphatic carbocycles. The van der Waals surface area contributed by atoms with E-state index >= 15 is 0 Å². The van der Waals surface area contributed by atoms with Crippen LogP contribution in [0, 0.1) is 17.8 Å². The minimum atomic E-state index is -1.05. The summed E-state index contributed by atoms with van der Waals surface area (Å²) in [6, 6.07) is 4.94. The molecule has 0 radical (unpaired) electrons. The Bertz CT molecular complexity index is 1810. The van der Waals surface area contributed by atoms with Crippen molar-refractivity contribution in [3.05, 3.63) is 29.8 Å². The summed E-state index contributed by atoms with van der Waals surface area (Å²) in [5.41, 5.74) is 1.08. The number of alkyl halides is 1. The molecule has 0 spiro atoms. The number of ketones is 1. The number of rotatable bonds is 26. The highest BCUT2D eigenvalue weighted by Crippen LogP contribution is 2.22. The summed E-state index contributed by atoms with van der Waals surface area (Å²) in [4.78, 5) is 121. The summed E-state index contributed by atoms with van der Waals surface area (Å²) in [7, 11) is 0. The number of nitrogens with zero attached hydrogens (tertiary/aromatic N) is 5. The van der Waals surface area contributed by atoms with E-state index in [9.17, 15) is 62.9 Å². The number of hydrogen-bond donors (Lipinski definition) is 7. The number of likely N-dealkylation sites (tertiary alicyclic amines) is 1. The van der Waals surface area contributed by atoms with Crippen molar-refractivity contribution in [1.82, 2.24) is 40.4 Å². The van der Waals surface area contributed by atoms with E-state index in [0.29, 0.717) is 23.4 Å². The number of aliphatic carboxylic acids is 3. The second-order valence-corrected chi connectivity index (χ2v) is 18.2. The van der Waals surface area contributed by atoms with Crippen LogP contribution in [0.3, 0.4) is 0 Å². The molecule has 0 saturated carbocycles. The Morgan fingerprint density at radius 1 is 0.776 bits per heavy atom. The first kappa shape index (κ1) is 56.1. The van der Waals surface area contributed by atoms with Crippen LogP contribution >= 0.6 is 11.8 Å². The maximum atomic E-state index is 13.8. The molecule has 3 rings (SSSR count). The molecule has 374 valence electrons. The number of amides is 6. The molecular weight excluding hydrogens is 898 g/mol. The second kappa shape index (κ2) is 29.5. The van der Waals surface area contributed by atoms with Crippen LogP contribution in [0.1, 0.15) is 52.0 Å². The average molecular weight is 966 g/mol. The number of carboxylic acids is 3. The smallest absolute Gasteiger partial charge is 0.319 e. The third-order valence-corrected chi connectivity index (χ3v) is 12.7. The molecule has 67 heavy (non-hydrogen) atoms. The SMILES string of the molecule is CC[C@H](C)[C@H](CC(=O)[C@H](CCSCCF)NC(=O)Nc1ccc(CNC(=O)CN2CCN(CC(=O)O)CCN(CC(=O)O)CCN(CC(=O)O)CC2)cc1)C(=O)NCCN1C(=O)CC(C)C1=O. The number of Topliss-reactive ketones (excluding diaryl/α,β-unsaturated/α-hetero) is 1. The number of hydrogen-bond acceptors (Lipinski definition) is 14. The molecule has 4 atom stereocenters. The Morgan fingerprint density at radius 3 is 1.76 bits per heavy atom. The molecule has 2 heterocycles. The fourth-order valence-corrected chi connectivity index (χ4v) is 8.36. The van der Waals surface area contributed by atoms with Crippen LogP contribution in [-0.2, 0) is 44.9 Å². The van der Waals surface area contributed by atoms with Gasteiger partial charge < -0.3 is 36.6 Å². The van der Waals surface area contributed by atoms with Gasteiger partial charge in [-0.05, 0) is 35.8 Å². The lowest BCUT2D eigenvalue weighted by Gasteiger charge is -2.32. The standard InChI is InChI=1S/C44H68FN9O12S/c1-4-30(2)34(42(64)46-11-12-54-38(57)23-31(3)43(54)65)24-36(55)35(9-21-67-22-10-45)49-44(66)48-33-7-5-32(6-8-33)25-47-37(56)26-50-13-15-51(27-39(58)59)17-19-53(29-41(62)63)20-18-52(16-14-50)28-40(60)61/h5-8,30-31,34-35H,4,9-29H2,1-3H3,(H,46,64)(H,47,56)(H,58,59)(H,60,61)(H,62,63)(H2,48,49,66)/t30-,31?,34-,35-/m0/s1. The average Bonchev–Trinajstić information content (AvgIpc) is 3.51. The monoisotopic (exact) mass is 965 g/mol. The van der Waals surface area contributed by atoms with Crippen LogP contribution in [0.4, 0.5) is 14.9 Å². The van der Waals surface area contributed by atoms with E-state index < -0.39 is 54.4 Å². The zero-order chi connectivity index (χ0) is 49.5. The molecule has 23 heteroatoms. The predicted molar refractivity (Wildman–Crippen MR) is 247 cm³/mol. The molecule has 1 aromatic carbocycles. The topological polar surface area (TPSA) is 279 Å². The van der Waals surface area contributed by atoms with Crippen molar-refractivity contribution in [1.29, 1.82) is 0 Å². The van der Waals surface area contributed by atoms with Gasteiger partial charge in [-0.3, -0.25) is 67.2 Å². The van der Waals surface area contributed by atoms with Gasteiger partial charge in [0.15, 0.2) is 5.78 Å². The number of anilines is 1. The number of thioether (sulfide) groups is 1. The van der Waals surface area contributed by atoms with Gasteiger partial charge in [0.1, 0.15) is 0 Å². The molecule has 21 nitrogen and oxygen atoms in total. The third kappa shape index (κ3) is 21.1. The first-order valence-corrected chi connectivity index (χ1v) is 23.8. The molecule has 6 amide bonds. The molecule has 1 aromatic rings. The summed E-state index contributed by atoms with van der Waals surface area (Å²) in [5, 5.41) is 39.4. The Kier molecular flexibility index (Phi) is 24.7. The number of benzene rings is 1. The van der Waals surface area contributed by atoms with Crippen molar-refractivity contribution >= 4 is 70.8 Å². The van der Waals surface area contributed by atoms with Crippen LogP contribution < -0.4 is 21.3 Å². The lowest BCUT2D eigenvalue weighted by atomic mass is 9.85. The minimum absolute atomic E-state index is 0.0240. The van der Waals surface area contributed by atoms with Gasteiger partial charge in [0, 0.05) is 108 Å². The van der Waals surface area contributed by atoms with E-state index in [2.05, 4.69) is 21.3 Å². The fourth-order valence-electron chi connectivity index (χ4n) is 7.65. The summed E-state index contributed by atoms with van der Waals surface area (Å²) in [6.07, 6.45) is 0.710. The summed E-state index contributed by atoms with van der Waals surface area (Å²) in [6.45, 7) is 6.21. The highest BCUT2D eigenvalue weighted by atomic mass is 32.2. The van der Waals surface area contributed by atoms with Crippen molar-refractivity contribution in [3.63, 3.8) is 0 Å². The van der Waals surface area contributed by atoms with Gasteiger partial charge in [-0.25, -0.2) is 4.79 Å². The summed E-state index contributed by atoms with van der Waals surface area (Å²) >= 11 is 1.29. The Labute approximate surface area is 394 Å². The number of nitrogens with one attached hydrogen (secondary N) is 4. The zero-order valence-corrected chi connectivity index (χ0v) is 39.5. The van der Waals surface area contributed by atoms with Gasteiger partial charge >= 0.3 is 23.9 Å². The molecule has 2 saturated heterocycles. The van der Waals surface area contributed by atoms with Gasteiger partial charge in [0.05, 0.1) is 38.9 Å². The third-order valence-electron chi connectivity index (χ3n) is 11.7. The highest BCUT2D eigenvalue weighted by molar-refractivity contribution is 7.99. The summed E-state index contributed by atoms with van der Waals surface area (Å²) in [5.74, 6) is -5.66. The predicted octanol–water partition coefficient (Wildman–Crippen LogP) is 0.494. The Balaban J connectivity index is 1.59. The molecular formula is C44H68FN9O12S. The summed E-state index contributed by atoms with van der Waals surface area (Å²) < 4.78 is 12.9. The molecule has 2 aliphatic rings. The maximum absolute atomic E-state index is 13.8. The molecule has 0 bridgehead atoms. The first-order valence-electron chi connectivity index (χ1n) is 22.6. The van der Waals surface area contributed by atoms with Crippen LogP contribution in [0.15, 0.2) is 24.3 Å². The maximum Gasteiger partial charge on any atom is 0.319 e. The van der Waals surface area contributed by atoms with Crippen molar-refractivity contribution in [2.24, 2.45) is 17.8 Å². The molecule has 2 aliphatic heterocycles. The minimum Gasteiger partial charge on any atom is -0.480 e. The number of carbonyl (C=O) groups is 9. The Hall–Kier alpha value is -5.23. The highest BCUT2D eigenvalue weighted by Gasteiger charge is 2.36. The fraction of sp³-hybridized carbons (Fsp3) is 0.659. The largest absolute Gasteiger partial charge is 0.480 e. The lowest BCUT2D eigenvalue weighted by Crippen LogP contribution is -2.49. The van der Waals surface area contributed by atoms with E-state index in [0.717, 1.165) is 4.90 Å². The van der Waals surface area contributed by atoms with E-state index in [1.54, 1.807) is 45.9 Å². The molecule has 7 N–H and O–H groups in total. The number of halogens is 1. The molecule has 0 aromatic heterocycles. The van der Waals surface area contributed by atoms with Crippen molar-refractivity contribution < 1.29 is 62.9 Å². The van der Waals surface area contributed by atoms with Gasteiger partial charge in [-0.1, -0.05) is 39.3 Å². The van der Waals surface area contributed by atoms with Crippen LogP contribution in [0.2, 0.25) is 0 Å². The Morgan fingerprint density at radius 2 is 1.30 bits per heavy atom. The first-order chi connectivity index (χ1) is 31.9. The van der Waals surface area contributed by atoms with Crippen LogP contribution in [-0.4, -0.2) is 209 Å². The van der Waals surface area contributed by atoms with E-state index in [1.165, 1.54) is 11.8 Å². The molecule has 2 fully saturated rings. The van der Waals surface area contributed by atoms with Gasteiger partial charge in [-0.2, -0.15) is 11.8 Å². The van der Waals surface area contributed by atoms with Crippen LogP contribution in [0.5, 0.6) is 0 Å². The number of urea groups is 1. The quantitative estimate of drug-likeness (QED) is 0.0492. The van der Waals surface area contributed by atoms with E-state index in [4.69, 9.17) is 0 Å².